The molecule has 2 rings (SSSR count). The summed E-state index contributed by atoms with van der Waals surface area (Å²) in [6, 6.07) is 11.1. The van der Waals surface area contributed by atoms with Gasteiger partial charge in [0.05, 0.1) is 5.56 Å². The fourth-order valence-electron chi connectivity index (χ4n) is 2.67. The first-order valence-electron chi connectivity index (χ1n) is 8.40. The molecule has 0 aliphatic carbocycles. The van der Waals surface area contributed by atoms with Crippen molar-refractivity contribution in [2.24, 2.45) is 5.73 Å². The average Bonchev–Trinajstić information content (AvgIpc) is 2.59. The fourth-order valence-corrected chi connectivity index (χ4v) is 2.67. The van der Waals surface area contributed by atoms with E-state index in [2.05, 4.69) is 5.32 Å². The van der Waals surface area contributed by atoms with Crippen LogP contribution in [0.4, 0.5) is 5.69 Å². The van der Waals surface area contributed by atoms with Gasteiger partial charge < -0.3 is 15.8 Å². The number of rotatable bonds is 7. The van der Waals surface area contributed by atoms with Crippen molar-refractivity contribution < 1.29 is 14.3 Å². The molecule has 0 atom stereocenters. The van der Waals surface area contributed by atoms with Crippen molar-refractivity contribution in [2.75, 3.05) is 11.9 Å². The third kappa shape index (κ3) is 4.59. The van der Waals surface area contributed by atoms with Crippen LogP contribution in [0.15, 0.2) is 36.4 Å². The van der Waals surface area contributed by atoms with Crippen molar-refractivity contribution in [3.05, 3.63) is 58.7 Å². The first-order valence-corrected chi connectivity index (χ1v) is 8.40. The maximum atomic E-state index is 12.3. The van der Waals surface area contributed by atoms with E-state index in [-0.39, 0.29) is 18.1 Å². The fraction of sp³-hybridized carbons (Fsp3) is 0.300. The summed E-state index contributed by atoms with van der Waals surface area (Å²) >= 11 is 0. The van der Waals surface area contributed by atoms with Crippen molar-refractivity contribution in [3.8, 4) is 5.75 Å². The molecule has 0 radical (unpaired) electrons. The van der Waals surface area contributed by atoms with Crippen LogP contribution in [0.25, 0.3) is 0 Å². The van der Waals surface area contributed by atoms with Crippen LogP contribution in [0, 0.1) is 6.92 Å². The molecule has 25 heavy (non-hydrogen) atoms. The lowest BCUT2D eigenvalue weighted by molar-refractivity contribution is -0.118. The van der Waals surface area contributed by atoms with Gasteiger partial charge in [-0.15, -0.1) is 0 Å². The molecule has 0 fully saturated rings. The second-order valence-electron chi connectivity index (χ2n) is 5.86. The number of nitrogens with two attached hydrogens (primary N) is 1. The van der Waals surface area contributed by atoms with E-state index in [1.54, 1.807) is 18.2 Å². The number of carbonyl (C=O) groups is 2. The molecular weight excluding hydrogens is 316 g/mol. The van der Waals surface area contributed by atoms with Gasteiger partial charge in [0.25, 0.3) is 11.8 Å². The minimum Gasteiger partial charge on any atom is -0.483 e. The quantitative estimate of drug-likeness (QED) is 0.812. The zero-order valence-corrected chi connectivity index (χ0v) is 14.9. The van der Waals surface area contributed by atoms with Crippen LogP contribution in [-0.4, -0.2) is 18.4 Å². The normalized spacial score (nSPS) is 10.4. The number of para-hydroxylation sites is 1. The molecule has 132 valence electrons. The predicted molar refractivity (Wildman–Crippen MR) is 99.0 cm³/mol. The zero-order chi connectivity index (χ0) is 18.4. The maximum Gasteiger partial charge on any atom is 0.262 e. The Morgan fingerprint density at radius 3 is 2.28 bits per heavy atom. The first kappa shape index (κ1) is 18.5. The lowest BCUT2D eigenvalue weighted by atomic mass is 10.0. The van der Waals surface area contributed by atoms with E-state index in [0.717, 1.165) is 35.2 Å². The molecule has 2 amide bonds. The molecule has 2 aromatic carbocycles. The SMILES string of the molecule is CCc1cccc(CC)c1NC(=O)COc1cc(C)ccc1C(N)=O. The molecule has 3 N–H and O–H groups in total. The Labute approximate surface area is 148 Å². The van der Waals surface area contributed by atoms with E-state index >= 15 is 0 Å². The average molecular weight is 340 g/mol. The standard InChI is InChI=1S/C20H24N2O3/c1-4-14-7-6-8-15(5-2)19(14)22-18(23)12-25-17-11-13(3)9-10-16(17)20(21)24/h6-11H,4-5,12H2,1-3H3,(H2,21,24)(H,22,23). The molecule has 2 aromatic rings. The summed E-state index contributed by atoms with van der Waals surface area (Å²) in [5.41, 5.74) is 9.55. The van der Waals surface area contributed by atoms with Gasteiger partial charge in [0.1, 0.15) is 5.75 Å². The van der Waals surface area contributed by atoms with Gasteiger partial charge in [-0.25, -0.2) is 0 Å². The van der Waals surface area contributed by atoms with Crippen LogP contribution in [0.1, 0.15) is 40.9 Å². The van der Waals surface area contributed by atoms with Crippen molar-refractivity contribution in [1.29, 1.82) is 0 Å². The molecule has 0 bridgehead atoms. The molecular formula is C20H24N2O3. The summed E-state index contributed by atoms with van der Waals surface area (Å²) in [5.74, 6) is -0.533. The molecule has 0 heterocycles. The van der Waals surface area contributed by atoms with Crippen LogP contribution in [0.2, 0.25) is 0 Å². The molecule has 5 heteroatoms. The minimum absolute atomic E-state index is 0.190. The monoisotopic (exact) mass is 340 g/mol. The zero-order valence-electron chi connectivity index (χ0n) is 14.9. The minimum atomic E-state index is -0.583. The highest BCUT2D eigenvalue weighted by Gasteiger charge is 2.13. The number of aryl methyl sites for hydroxylation is 3. The molecule has 0 spiro atoms. The summed E-state index contributed by atoms with van der Waals surface area (Å²) < 4.78 is 5.55. The lowest BCUT2D eigenvalue weighted by Gasteiger charge is -2.15. The number of hydrogen-bond acceptors (Lipinski definition) is 3. The van der Waals surface area contributed by atoms with Crippen LogP contribution in [0.5, 0.6) is 5.75 Å². The van der Waals surface area contributed by atoms with Crippen molar-refractivity contribution in [2.45, 2.75) is 33.6 Å². The summed E-state index contributed by atoms with van der Waals surface area (Å²) in [7, 11) is 0. The Balaban J connectivity index is 2.13. The second kappa shape index (κ2) is 8.33. The highest BCUT2D eigenvalue weighted by molar-refractivity contribution is 5.96. The summed E-state index contributed by atoms with van der Waals surface area (Å²) in [6.45, 7) is 5.79. The van der Waals surface area contributed by atoms with Gasteiger partial charge >= 0.3 is 0 Å². The number of hydrogen-bond donors (Lipinski definition) is 2. The van der Waals surface area contributed by atoms with Crippen molar-refractivity contribution >= 4 is 17.5 Å². The summed E-state index contributed by atoms with van der Waals surface area (Å²) in [5, 5.41) is 2.93. The van der Waals surface area contributed by atoms with Gasteiger partial charge in [0, 0.05) is 5.69 Å². The molecule has 0 aromatic heterocycles. The van der Waals surface area contributed by atoms with Gasteiger partial charge in [-0.3, -0.25) is 9.59 Å². The Kier molecular flexibility index (Phi) is 6.17. The Morgan fingerprint density at radius 2 is 1.72 bits per heavy atom. The largest absolute Gasteiger partial charge is 0.483 e. The third-order valence-electron chi connectivity index (χ3n) is 4.02. The van der Waals surface area contributed by atoms with Crippen LogP contribution in [0.3, 0.4) is 0 Å². The van der Waals surface area contributed by atoms with Gasteiger partial charge in [-0.05, 0) is 48.6 Å². The Bertz CT molecular complexity index is 762. The van der Waals surface area contributed by atoms with Gasteiger partial charge in [-0.2, -0.15) is 0 Å². The van der Waals surface area contributed by atoms with Crippen molar-refractivity contribution in [3.63, 3.8) is 0 Å². The molecule has 0 aliphatic heterocycles. The highest BCUT2D eigenvalue weighted by Crippen LogP contribution is 2.23. The third-order valence-corrected chi connectivity index (χ3v) is 4.02. The number of amides is 2. The van der Waals surface area contributed by atoms with E-state index in [1.807, 2.05) is 39.0 Å². The van der Waals surface area contributed by atoms with Gasteiger partial charge in [-0.1, -0.05) is 38.1 Å². The van der Waals surface area contributed by atoms with Crippen molar-refractivity contribution in [1.82, 2.24) is 0 Å². The summed E-state index contributed by atoms with van der Waals surface area (Å²) in [6.07, 6.45) is 1.65. The molecule has 0 unspecified atom stereocenters. The van der Waals surface area contributed by atoms with Crippen LogP contribution >= 0.6 is 0 Å². The van der Waals surface area contributed by atoms with E-state index in [9.17, 15) is 9.59 Å². The van der Waals surface area contributed by atoms with E-state index in [4.69, 9.17) is 10.5 Å². The van der Waals surface area contributed by atoms with Gasteiger partial charge in [0.2, 0.25) is 0 Å². The predicted octanol–water partition coefficient (Wildman–Crippen LogP) is 3.24. The Hall–Kier alpha value is -2.82. The maximum absolute atomic E-state index is 12.3. The molecule has 0 aliphatic rings. The van der Waals surface area contributed by atoms with E-state index in [0.29, 0.717) is 5.75 Å². The molecule has 0 saturated heterocycles. The number of primary amides is 1. The number of nitrogens with one attached hydrogen (secondary N) is 1. The summed E-state index contributed by atoms with van der Waals surface area (Å²) in [4.78, 5) is 23.8. The Morgan fingerprint density at radius 1 is 1.08 bits per heavy atom. The van der Waals surface area contributed by atoms with E-state index in [1.165, 1.54) is 0 Å². The molecule has 5 nitrogen and oxygen atoms in total. The number of benzene rings is 2. The topological polar surface area (TPSA) is 81.4 Å². The van der Waals surface area contributed by atoms with E-state index < -0.39 is 5.91 Å². The highest BCUT2D eigenvalue weighted by atomic mass is 16.5. The first-order chi connectivity index (χ1) is 12.0. The lowest BCUT2D eigenvalue weighted by Crippen LogP contribution is -2.23. The number of anilines is 1. The van der Waals surface area contributed by atoms with Gasteiger partial charge in [0.15, 0.2) is 6.61 Å². The second-order valence-corrected chi connectivity index (χ2v) is 5.86. The van der Waals surface area contributed by atoms with Crippen LogP contribution in [-0.2, 0) is 17.6 Å². The van der Waals surface area contributed by atoms with Crippen LogP contribution < -0.4 is 15.8 Å². The smallest absolute Gasteiger partial charge is 0.262 e. The number of ether oxygens (including phenoxy) is 1. The number of carbonyl (C=O) groups excluding carboxylic acids is 2. The molecule has 0 saturated carbocycles.